The van der Waals surface area contributed by atoms with Crippen molar-refractivity contribution in [2.45, 2.75) is 0 Å². The van der Waals surface area contributed by atoms with Crippen molar-refractivity contribution >= 4 is 27.5 Å². The average molecular weight is 341 g/mol. The molecule has 0 aliphatic rings. The highest BCUT2D eigenvalue weighted by Gasteiger charge is 2.09. The molecule has 2 rings (SSSR count). The van der Waals surface area contributed by atoms with E-state index in [1.165, 1.54) is 13.3 Å². The van der Waals surface area contributed by atoms with Gasteiger partial charge in [-0.25, -0.2) is 4.98 Å². The lowest BCUT2D eigenvalue weighted by molar-refractivity contribution is 0.406. The first-order chi connectivity index (χ1) is 9.12. The summed E-state index contributed by atoms with van der Waals surface area (Å²) in [6.45, 7) is 0. The predicted octanol–water partition coefficient (Wildman–Crippen LogP) is 3.57. The van der Waals surface area contributed by atoms with Gasteiger partial charge in [-0.15, -0.1) is 0 Å². The molecule has 0 amide bonds. The molecule has 1 aromatic heterocycles. The van der Waals surface area contributed by atoms with Gasteiger partial charge in [0.15, 0.2) is 0 Å². The molecule has 0 atom stereocenters. The van der Waals surface area contributed by atoms with Crippen LogP contribution in [-0.2, 0) is 0 Å². The Bertz CT molecular complexity index is 658. The number of nitrogens with zero attached hydrogens (tertiary/aromatic N) is 3. The zero-order valence-electron chi connectivity index (χ0n) is 9.72. The van der Waals surface area contributed by atoms with E-state index < -0.39 is 0 Å². The standard InChI is InChI=1S/C12H7BrClN3O2/c1-18-8-2-7(5-15)3-9(4-8)19-11-10(13)6-16-12(14)17-11/h2-4,6H,1H3. The lowest BCUT2D eigenvalue weighted by Gasteiger charge is -2.08. The molecule has 0 saturated heterocycles. The highest BCUT2D eigenvalue weighted by Crippen LogP contribution is 2.30. The Morgan fingerprint density at radius 2 is 2.05 bits per heavy atom. The van der Waals surface area contributed by atoms with E-state index in [0.717, 1.165) is 0 Å². The van der Waals surface area contributed by atoms with Crippen molar-refractivity contribution in [2.24, 2.45) is 0 Å². The number of benzene rings is 1. The number of hydrogen-bond acceptors (Lipinski definition) is 5. The largest absolute Gasteiger partial charge is 0.497 e. The zero-order chi connectivity index (χ0) is 13.8. The third-order valence-corrected chi connectivity index (χ3v) is 2.87. The van der Waals surface area contributed by atoms with Crippen molar-refractivity contribution < 1.29 is 9.47 Å². The molecule has 0 bridgehead atoms. The van der Waals surface area contributed by atoms with Crippen molar-refractivity contribution in [3.05, 3.63) is 39.7 Å². The van der Waals surface area contributed by atoms with Gasteiger partial charge in [-0.05, 0) is 39.7 Å². The highest BCUT2D eigenvalue weighted by molar-refractivity contribution is 9.10. The van der Waals surface area contributed by atoms with Crippen molar-refractivity contribution in [1.82, 2.24) is 9.97 Å². The Morgan fingerprint density at radius 3 is 2.74 bits per heavy atom. The molecule has 19 heavy (non-hydrogen) atoms. The van der Waals surface area contributed by atoms with E-state index in [2.05, 4.69) is 25.9 Å². The van der Waals surface area contributed by atoms with Crippen LogP contribution in [0.4, 0.5) is 0 Å². The minimum absolute atomic E-state index is 0.0709. The quantitative estimate of drug-likeness (QED) is 0.799. The summed E-state index contributed by atoms with van der Waals surface area (Å²) in [5.74, 6) is 1.20. The van der Waals surface area contributed by atoms with Crippen LogP contribution in [0.2, 0.25) is 5.28 Å². The van der Waals surface area contributed by atoms with Gasteiger partial charge in [-0.3, -0.25) is 0 Å². The van der Waals surface area contributed by atoms with Crippen LogP contribution in [0.5, 0.6) is 17.4 Å². The second-order valence-electron chi connectivity index (χ2n) is 3.40. The third-order valence-electron chi connectivity index (χ3n) is 2.14. The molecule has 0 fully saturated rings. The van der Waals surface area contributed by atoms with Crippen LogP contribution in [0.25, 0.3) is 0 Å². The van der Waals surface area contributed by atoms with Crippen molar-refractivity contribution in [3.8, 4) is 23.4 Å². The van der Waals surface area contributed by atoms with Crippen LogP contribution in [-0.4, -0.2) is 17.1 Å². The van der Waals surface area contributed by atoms with E-state index in [1.807, 2.05) is 6.07 Å². The SMILES string of the molecule is COc1cc(C#N)cc(Oc2nc(Cl)ncc2Br)c1. The molecule has 7 heteroatoms. The zero-order valence-corrected chi connectivity index (χ0v) is 12.1. The maximum absolute atomic E-state index is 8.93. The summed E-state index contributed by atoms with van der Waals surface area (Å²) in [7, 11) is 1.51. The van der Waals surface area contributed by atoms with Gasteiger partial charge in [0.25, 0.3) is 0 Å². The summed E-state index contributed by atoms with van der Waals surface area (Å²) in [4.78, 5) is 7.74. The molecule has 0 spiro atoms. The molecule has 0 N–H and O–H groups in total. The number of aromatic nitrogens is 2. The van der Waals surface area contributed by atoms with Gasteiger partial charge in [0, 0.05) is 12.3 Å². The van der Waals surface area contributed by atoms with Crippen molar-refractivity contribution in [1.29, 1.82) is 5.26 Å². The Hall–Kier alpha value is -1.84. The molecule has 0 aliphatic carbocycles. The molecule has 5 nitrogen and oxygen atoms in total. The smallest absolute Gasteiger partial charge is 0.237 e. The van der Waals surface area contributed by atoms with Gasteiger partial charge < -0.3 is 9.47 Å². The lowest BCUT2D eigenvalue weighted by atomic mass is 10.2. The van der Waals surface area contributed by atoms with E-state index in [0.29, 0.717) is 21.5 Å². The van der Waals surface area contributed by atoms with E-state index >= 15 is 0 Å². The number of nitriles is 1. The maximum atomic E-state index is 8.93. The van der Waals surface area contributed by atoms with Crippen molar-refractivity contribution in [2.75, 3.05) is 7.11 Å². The number of methoxy groups -OCH3 is 1. The molecule has 1 aromatic carbocycles. The van der Waals surface area contributed by atoms with E-state index in [9.17, 15) is 0 Å². The summed E-state index contributed by atoms with van der Waals surface area (Å²) >= 11 is 8.95. The Labute approximate surface area is 122 Å². The topological polar surface area (TPSA) is 68.0 Å². The molecular formula is C12H7BrClN3O2. The Balaban J connectivity index is 2.38. The van der Waals surface area contributed by atoms with Gasteiger partial charge in [-0.2, -0.15) is 10.2 Å². The summed E-state index contributed by atoms with van der Waals surface area (Å²) in [5, 5.41) is 9.00. The fraction of sp³-hybridized carbons (Fsp3) is 0.0833. The minimum Gasteiger partial charge on any atom is -0.497 e. The molecule has 0 unspecified atom stereocenters. The molecule has 0 saturated carbocycles. The molecular weight excluding hydrogens is 334 g/mol. The predicted molar refractivity (Wildman–Crippen MR) is 72.5 cm³/mol. The number of hydrogen-bond donors (Lipinski definition) is 0. The molecule has 2 aromatic rings. The molecule has 0 aliphatic heterocycles. The fourth-order valence-electron chi connectivity index (χ4n) is 1.33. The second kappa shape index (κ2) is 5.87. The average Bonchev–Trinajstić information content (AvgIpc) is 2.42. The minimum atomic E-state index is 0.0709. The van der Waals surface area contributed by atoms with Gasteiger partial charge >= 0.3 is 0 Å². The Kier molecular flexibility index (Phi) is 4.20. The highest BCUT2D eigenvalue weighted by atomic mass is 79.9. The number of rotatable bonds is 3. The van der Waals surface area contributed by atoms with Gasteiger partial charge in [0.1, 0.15) is 11.5 Å². The van der Waals surface area contributed by atoms with Crippen LogP contribution in [0.1, 0.15) is 5.56 Å². The second-order valence-corrected chi connectivity index (χ2v) is 4.60. The molecule has 96 valence electrons. The molecule has 0 radical (unpaired) electrons. The van der Waals surface area contributed by atoms with E-state index in [4.69, 9.17) is 26.3 Å². The number of halogens is 2. The first kappa shape index (κ1) is 13.6. The lowest BCUT2D eigenvalue weighted by Crippen LogP contribution is -1.93. The maximum Gasteiger partial charge on any atom is 0.237 e. The van der Waals surface area contributed by atoms with E-state index in [1.54, 1.807) is 18.2 Å². The normalized spacial score (nSPS) is 9.79. The van der Waals surface area contributed by atoms with Crippen LogP contribution in [0, 0.1) is 11.3 Å². The molecule has 1 heterocycles. The van der Waals surface area contributed by atoms with E-state index in [-0.39, 0.29) is 11.2 Å². The van der Waals surface area contributed by atoms with Gasteiger partial charge in [-0.1, -0.05) is 0 Å². The van der Waals surface area contributed by atoms with Crippen LogP contribution in [0.15, 0.2) is 28.9 Å². The summed E-state index contributed by atoms with van der Waals surface area (Å²) in [5.41, 5.74) is 0.422. The first-order valence-electron chi connectivity index (χ1n) is 5.07. The summed E-state index contributed by atoms with van der Waals surface area (Å²) < 4.78 is 11.2. The van der Waals surface area contributed by atoms with Crippen LogP contribution in [0.3, 0.4) is 0 Å². The fourth-order valence-corrected chi connectivity index (χ4v) is 1.73. The summed E-state index contributed by atoms with van der Waals surface area (Å²) in [6, 6.07) is 6.85. The van der Waals surface area contributed by atoms with Crippen molar-refractivity contribution in [3.63, 3.8) is 0 Å². The van der Waals surface area contributed by atoms with Crippen LogP contribution >= 0.6 is 27.5 Å². The number of ether oxygens (including phenoxy) is 2. The third kappa shape index (κ3) is 3.34. The first-order valence-corrected chi connectivity index (χ1v) is 6.24. The summed E-state index contributed by atoms with van der Waals surface area (Å²) in [6.07, 6.45) is 1.48. The van der Waals surface area contributed by atoms with Gasteiger partial charge in [0.2, 0.25) is 11.2 Å². The van der Waals surface area contributed by atoms with Gasteiger partial charge in [0.05, 0.1) is 23.2 Å². The van der Waals surface area contributed by atoms with Crippen LogP contribution < -0.4 is 9.47 Å². The Morgan fingerprint density at radius 1 is 1.32 bits per heavy atom. The monoisotopic (exact) mass is 339 g/mol.